The van der Waals surface area contributed by atoms with E-state index in [4.69, 9.17) is 10.8 Å². The van der Waals surface area contributed by atoms with Crippen LogP contribution in [0.2, 0.25) is 0 Å². The fraction of sp³-hybridized carbons (Fsp3) is 0.250. The minimum absolute atomic E-state index is 0.129. The Morgan fingerprint density at radius 1 is 1.41 bits per heavy atom. The van der Waals surface area contributed by atoms with Gasteiger partial charge < -0.3 is 10.8 Å². The molecule has 0 aliphatic carbocycles. The summed E-state index contributed by atoms with van der Waals surface area (Å²) < 4.78 is 14.5. The maximum atomic E-state index is 12.8. The zero-order valence-corrected chi connectivity index (χ0v) is 9.47. The molecule has 5 heteroatoms. The third kappa shape index (κ3) is 2.20. The molecular formula is C12H14FN3O. The van der Waals surface area contributed by atoms with Crippen LogP contribution >= 0.6 is 0 Å². The molecule has 4 nitrogen and oxygen atoms in total. The molecule has 0 bridgehead atoms. The SMILES string of the molecule is Cc1c(C(N)CO)cnn1-c1ccc(F)cc1. The Hall–Kier alpha value is -1.72. The van der Waals surface area contributed by atoms with Gasteiger partial charge >= 0.3 is 0 Å². The number of benzene rings is 1. The van der Waals surface area contributed by atoms with E-state index in [0.717, 1.165) is 16.9 Å². The van der Waals surface area contributed by atoms with Crippen molar-refractivity contribution >= 4 is 0 Å². The Labute approximate surface area is 98.5 Å². The van der Waals surface area contributed by atoms with E-state index in [1.54, 1.807) is 23.0 Å². The number of hydrogen-bond donors (Lipinski definition) is 2. The molecule has 1 aromatic carbocycles. The van der Waals surface area contributed by atoms with Gasteiger partial charge in [0.1, 0.15) is 5.82 Å². The maximum absolute atomic E-state index is 12.8. The summed E-state index contributed by atoms with van der Waals surface area (Å²) in [5.74, 6) is -0.286. The fourth-order valence-electron chi connectivity index (χ4n) is 1.73. The molecule has 90 valence electrons. The van der Waals surface area contributed by atoms with Gasteiger partial charge in [-0.2, -0.15) is 5.10 Å². The Morgan fingerprint density at radius 2 is 2.06 bits per heavy atom. The Morgan fingerprint density at radius 3 is 2.65 bits per heavy atom. The number of nitrogens with two attached hydrogens (primary N) is 1. The van der Waals surface area contributed by atoms with Crippen LogP contribution in [-0.2, 0) is 0 Å². The summed E-state index contributed by atoms with van der Waals surface area (Å²) in [5.41, 5.74) is 8.15. The maximum Gasteiger partial charge on any atom is 0.123 e. The van der Waals surface area contributed by atoms with Crippen LogP contribution in [0.15, 0.2) is 30.5 Å². The number of aromatic nitrogens is 2. The lowest BCUT2D eigenvalue weighted by Gasteiger charge is -2.08. The Balaban J connectivity index is 2.40. The molecule has 0 fully saturated rings. The summed E-state index contributed by atoms with van der Waals surface area (Å²) in [5, 5.41) is 13.2. The summed E-state index contributed by atoms with van der Waals surface area (Å²) in [7, 11) is 0. The van der Waals surface area contributed by atoms with Crippen LogP contribution < -0.4 is 5.73 Å². The molecule has 0 aliphatic heterocycles. The van der Waals surface area contributed by atoms with Gasteiger partial charge in [-0.25, -0.2) is 9.07 Å². The summed E-state index contributed by atoms with van der Waals surface area (Å²) >= 11 is 0. The van der Waals surface area contributed by atoms with Gasteiger partial charge in [-0.15, -0.1) is 0 Å². The normalized spacial score (nSPS) is 12.7. The van der Waals surface area contributed by atoms with Gasteiger partial charge in [-0.3, -0.25) is 0 Å². The highest BCUT2D eigenvalue weighted by atomic mass is 19.1. The summed E-state index contributed by atoms with van der Waals surface area (Å²) in [6.45, 7) is 1.73. The number of aliphatic hydroxyl groups excluding tert-OH is 1. The second-order valence-corrected chi connectivity index (χ2v) is 3.86. The highest BCUT2D eigenvalue weighted by Gasteiger charge is 2.13. The third-order valence-corrected chi connectivity index (χ3v) is 2.72. The van der Waals surface area contributed by atoms with Crippen molar-refractivity contribution in [2.45, 2.75) is 13.0 Å². The van der Waals surface area contributed by atoms with E-state index < -0.39 is 6.04 Å². The number of aliphatic hydroxyl groups is 1. The number of hydrogen-bond acceptors (Lipinski definition) is 3. The lowest BCUT2D eigenvalue weighted by molar-refractivity contribution is 0.267. The van der Waals surface area contributed by atoms with E-state index in [9.17, 15) is 4.39 Å². The molecular weight excluding hydrogens is 221 g/mol. The van der Waals surface area contributed by atoms with E-state index in [1.807, 2.05) is 6.92 Å². The highest BCUT2D eigenvalue weighted by molar-refractivity contribution is 5.35. The lowest BCUT2D eigenvalue weighted by Crippen LogP contribution is -2.15. The smallest absolute Gasteiger partial charge is 0.123 e. The first-order valence-electron chi connectivity index (χ1n) is 5.30. The Kier molecular flexibility index (Phi) is 3.21. The quantitative estimate of drug-likeness (QED) is 0.843. The van der Waals surface area contributed by atoms with Crippen molar-refractivity contribution in [1.82, 2.24) is 9.78 Å². The van der Waals surface area contributed by atoms with Crippen LogP contribution in [0.25, 0.3) is 5.69 Å². The molecule has 0 saturated carbocycles. The molecule has 2 rings (SSSR count). The monoisotopic (exact) mass is 235 g/mol. The van der Waals surface area contributed by atoms with E-state index in [2.05, 4.69) is 5.10 Å². The summed E-state index contributed by atoms with van der Waals surface area (Å²) in [4.78, 5) is 0. The fourth-order valence-corrected chi connectivity index (χ4v) is 1.73. The average molecular weight is 235 g/mol. The highest BCUT2D eigenvalue weighted by Crippen LogP contribution is 2.18. The predicted octanol–water partition coefficient (Wildman–Crippen LogP) is 1.31. The van der Waals surface area contributed by atoms with E-state index in [0.29, 0.717) is 0 Å². The lowest BCUT2D eigenvalue weighted by atomic mass is 10.1. The van der Waals surface area contributed by atoms with Gasteiger partial charge in [0, 0.05) is 11.3 Å². The summed E-state index contributed by atoms with van der Waals surface area (Å²) in [6.07, 6.45) is 1.62. The zero-order valence-electron chi connectivity index (χ0n) is 9.47. The second-order valence-electron chi connectivity index (χ2n) is 3.86. The first-order valence-corrected chi connectivity index (χ1v) is 5.30. The van der Waals surface area contributed by atoms with Crippen LogP contribution in [0.4, 0.5) is 4.39 Å². The van der Waals surface area contributed by atoms with Gasteiger partial charge in [0.15, 0.2) is 0 Å². The second kappa shape index (κ2) is 4.65. The van der Waals surface area contributed by atoms with E-state index >= 15 is 0 Å². The van der Waals surface area contributed by atoms with Crippen molar-refractivity contribution in [3.63, 3.8) is 0 Å². The molecule has 17 heavy (non-hydrogen) atoms. The molecule has 0 aliphatic rings. The first kappa shape index (κ1) is 11.8. The van der Waals surface area contributed by atoms with Crippen LogP contribution in [0.5, 0.6) is 0 Å². The molecule has 0 amide bonds. The van der Waals surface area contributed by atoms with Crippen molar-refractivity contribution < 1.29 is 9.50 Å². The number of nitrogens with zero attached hydrogens (tertiary/aromatic N) is 2. The zero-order chi connectivity index (χ0) is 12.4. The van der Waals surface area contributed by atoms with Crippen molar-refractivity contribution in [3.05, 3.63) is 47.5 Å². The molecule has 1 atom stereocenters. The molecule has 0 saturated heterocycles. The van der Waals surface area contributed by atoms with Crippen LogP contribution in [0.1, 0.15) is 17.3 Å². The predicted molar refractivity (Wildman–Crippen MR) is 62.3 cm³/mol. The molecule has 0 radical (unpaired) electrons. The molecule has 2 aromatic rings. The van der Waals surface area contributed by atoms with Crippen molar-refractivity contribution in [3.8, 4) is 5.69 Å². The van der Waals surface area contributed by atoms with E-state index in [1.165, 1.54) is 12.1 Å². The van der Waals surface area contributed by atoms with Crippen LogP contribution in [0, 0.1) is 12.7 Å². The third-order valence-electron chi connectivity index (χ3n) is 2.72. The largest absolute Gasteiger partial charge is 0.394 e. The average Bonchev–Trinajstić information content (AvgIpc) is 2.71. The number of halogens is 1. The molecule has 1 aromatic heterocycles. The van der Waals surface area contributed by atoms with Gasteiger partial charge in [0.2, 0.25) is 0 Å². The molecule has 1 heterocycles. The van der Waals surface area contributed by atoms with Gasteiger partial charge in [-0.1, -0.05) is 0 Å². The molecule has 0 spiro atoms. The van der Waals surface area contributed by atoms with Crippen molar-refractivity contribution in [2.24, 2.45) is 5.73 Å². The van der Waals surface area contributed by atoms with Crippen molar-refractivity contribution in [2.75, 3.05) is 6.61 Å². The molecule has 1 unspecified atom stereocenters. The molecule has 3 N–H and O–H groups in total. The van der Waals surface area contributed by atoms with Crippen LogP contribution in [-0.4, -0.2) is 21.5 Å². The summed E-state index contributed by atoms with van der Waals surface area (Å²) in [6, 6.07) is 5.60. The minimum Gasteiger partial charge on any atom is -0.394 e. The number of rotatable bonds is 3. The standard InChI is InChI=1S/C12H14FN3O/c1-8-11(12(14)7-17)6-15-16(8)10-4-2-9(13)3-5-10/h2-6,12,17H,7,14H2,1H3. The first-order chi connectivity index (χ1) is 8.13. The van der Waals surface area contributed by atoms with Gasteiger partial charge in [0.05, 0.1) is 24.5 Å². The Bertz CT molecular complexity index is 507. The van der Waals surface area contributed by atoms with E-state index in [-0.39, 0.29) is 12.4 Å². The topological polar surface area (TPSA) is 64.1 Å². The van der Waals surface area contributed by atoms with Crippen molar-refractivity contribution in [1.29, 1.82) is 0 Å². The minimum atomic E-state index is -0.441. The van der Waals surface area contributed by atoms with Gasteiger partial charge in [-0.05, 0) is 31.2 Å². The van der Waals surface area contributed by atoms with Crippen LogP contribution in [0.3, 0.4) is 0 Å². The van der Waals surface area contributed by atoms with Gasteiger partial charge in [0.25, 0.3) is 0 Å².